The van der Waals surface area contributed by atoms with Crippen LogP contribution >= 0.6 is 0 Å². The van der Waals surface area contributed by atoms with Gasteiger partial charge in [-0.2, -0.15) is 4.31 Å². The van der Waals surface area contributed by atoms with Gasteiger partial charge in [0.05, 0.1) is 18.1 Å². The Hall–Kier alpha value is -1.64. The minimum atomic E-state index is -3.52. The van der Waals surface area contributed by atoms with Gasteiger partial charge in [0.2, 0.25) is 10.0 Å². The van der Waals surface area contributed by atoms with Crippen LogP contribution in [0.1, 0.15) is 18.4 Å². The minimum absolute atomic E-state index is 0.0626. The number of amides is 1. The third-order valence-corrected chi connectivity index (χ3v) is 5.95. The van der Waals surface area contributed by atoms with Crippen molar-refractivity contribution in [2.75, 3.05) is 32.9 Å². The number of carbonyl (C=O) groups excluding carboxylic acids is 1. The fourth-order valence-corrected chi connectivity index (χ4v) is 4.01. The van der Waals surface area contributed by atoms with E-state index in [1.54, 1.807) is 19.1 Å². The Morgan fingerprint density at radius 2 is 2.04 bits per heavy atom. The Bertz CT molecular complexity index is 709. The molecule has 1 amide bonds. The van der Waals surface area contributed by atoms with Gasteiger partial charge in [0, 0.05) is 19.1 Å². The molecule has 1 N–H and O–H groups in total. The average Bonchev–Trinajstić information content (AvgIpc) is 3.38. The lowest BCUT2D eigenvalue weighted by molar-refractivity contribution is -0.123. The highest BCUT2D eigenvalue weighted by Gasteiger charge is 2.27. The molecule has 7 nitrogen and oxygen atoms in total. The van der Waals surface area contributed by atoms with Crippen molar-refractivity contribution < 1.29 is 22.7 Å². The summed E-state index contributed by atoms with van der Waals surface area (Å²) in [6.07, 6.45) is 2.05. The van der Waals surface area contributed by atoms with E-state index in [2.05, 4.69) is 5.32 Å². The van der Waals surface area contributed by atoms with Gasteiger partial charge < -0.3 is 14.8 Å². The van der Waals surface area contributed by atoms with Crippen LogP contribution in [0.2, 0.25) is 0 Å². The fraction of sp³-hybridized carbons (Fsp3) is 0.562. The summed E-state index contributed by atoms with van der Waals surface area (Å²) >= 11 is 0. The molecule has 1 aliphatic carbocycles. The summed E-state index contributed by atoms with van der Waals surface area (Å²) in [5, 5.41) is 2.84. The van der Waals surface area contributed by atoms with E-state index in [1.165, 1.54) is 10.4 Å². The number of sulfonamides is 1. The van der Waals surface area contributed by atoms with Crippen LogP contribution in [0.15, 0.2) is 23.1 Å². The lowest BCUT2D eigenvalue weighted by Crippen LogP contribution is -2.40. The summed E-state index contributed by atoms with van der Waals surface area (Å²) in [5.74, 6) is 0.365. The molecule has 0 unspecified atom stereocenters. The summed E-state index contributed by atoms with van der Waals surface area (Å²) in [5.41, 5.74) is 0.684. The molecule has 1 aliphatic heterocycles. The van der Waals surface area contributed by atoms with Crippen LogP contribution in [0.4, 0.5) is 0 Å². The van der Waals surface area contributed by atoms with E-state index in [0.717, 1.165) is 12.8 Å². The van der Waals surface area contributed by atoms with Gasteiger partial charge in [-0.05, 0) is 43.5 Å². The highest BCUT2D eigenvalue weighted by molar-refractivity contribution is 7.89. The van der Waals surface area contributed by atoms with Crippen LogP contribution in [0.3, 0.4) is 0 Å². The zero-order valence-electron chi connectivity index (χ0n) is 13.7. The predicted octanol–water partition coefficient (Wildman–Crippen LogP) is 0.673. The molecule has 1 aromatic carbocycles. The zero-order valence-corrected chi connectivity index (χ0v) is 14.5. The third kappa shape index (κ3) is 4.06. The Morgan fingerprint density at radius 3 is 2.67 bits per heavy atom. The number of benzene rings is 1. The number of rotatable bonds is 6. The molecule has 0 bridgehead atoms. The number of morpholine rings is 1. The second-order valence-corrected chi connectivity index (χ2v) is 8.01. The van der Waals surface area contributed by atoms with E-state index < -0.39 is 10.0 Å². The molecule has 1 saturated heterocycles. The first-order valence-electron chi connectivity index (χ1n) is 8.07. The number of nitrogens with zero attached hydrogens (tertiary/aromatic N) is 1. The smallest absolute Gasteiger partial charge is 0.258 e. The van der Waals surface area contributed by atoms with E-state index in [0.29, 0.717) is 43.7 Å². The summed E-state index contributed by atoms with van der Waals surface area (Å²) in [4.78, 5) is 11.9. The third-order valence-electron chi connectivity index (χ3n) is 4.06. The van der Waals surface area contributed by atoms with Gasteiger partial charge in [0.25, 0.3) is 5.91 Å². The first-order chi connectivity index (χ1) is 11.5. The van der Waals surface area contributed by atoms with E-state index >= 15 is 0 Å². The molecule has 0 radical (unpaired) electrons. The maximum absolute atomic E-state index is 12.6. The molecule has 2 aliphatic rings. The van der Waals surface area contributed by atoms with Gasteiger partial charge >= 0.3 is 0 Å². The Kier molecular flexibility index (Phi) is 5.07. The van der Waals surface area contributed by atoms with Crippen LogP contribution < -0.4 is 10.1 Å². The van der Waals surface area contributed by atoms with Crippen molar-refractivity contribution >= 4 is 15.9 Å². The molecule has 1 saturated carbocycles. The number of carbonyl (C=O) groups is 1. The van der Waals surface area contributed by atoms with Crippen molar-refractivity contribution in [3.05, 3.63) is 23.8 Å². The van der Waals surface area contributed by atoms with Gasteiger partial charge in [0.15, 0.2) is 6.61 Å². The standard InChI is InChI=1S/C16H22N2O5S/c1-12-10-14(24(20,21)18-6-8-22-9-7-18)4-5-15(12)23-11-16(19)17-13-2-3-13/h4-5,10,13H,2-3,6-9,11H2,1H3,(H,17,19). The van der Waals surface area contributed by atoms with Gasteiger partial charge in [-0.25, -0.2) is 8.42 Å². The maximum atomic E-state index is 12.6. The highest BCUT2D eigenvalue weighted by Crippen LogP contribution is 2.24. The van der Waals surface area contributed by atoms with Crippen molar-refractivity contribution in [2.24, 2.45) is 0 Å². The van der Waals surface area contributed by atoms with Gasteiger partial charge in [-0.15, -0.1) is 0 Å². The minimum Gasteiger partial charge on any atom is -0.484 e. The van der Waals surface area contributed by atoms with Crippen LogP contribution in [0, 0.1) is 6.92 Å². The molecule has 8 heteroatoms. The predicted molar refractivity (Wildman–Crippen MR) is 87.4 cm³/mol. The fourth-order valence-electron chi connectivity index (χ4n) is 2.52. The second kappa shape index (κ2) is 7.08. The second-order valence-electron chi connectivity index (χ2n) is 6.07. The number of aryl methyl sites for hydroxylation is 1. The molecule has 0 aromatic heterocycles. The van der Waals surface area contributed by atoms with Crippen molar-refractivity contribution in [3.63, 3.8) is 0 Å². The van der Waals surface area contributed by atoms with Gasteiger partial charge in [-0.3, -0.25) is 4.79 Å². The first kappa shape index (κ1) is 17.2. The highest BCUT2D eigenvalue weighted by atomic mass is 32.2. The Balaban J connectivity index is 1.65. The largest absolute Gasteiger partial charge is 0.484 e. The van der Waals surface area contributed by atoms with Gasteiger partial charge in [-0.1, -0.05) is 0 Å². The lowest BCUT2D eigenvalue weighted by atomic mass is 10.2. The van der Waals surface area contributed by atoms with Crippen molar-refractivity contribution in [3.8, 4) is 5.75 Å². The Morgan fingerprint density at radius 1 is 1.33 bits per heavy atom. The number of hydrogen-bond donors (Lipinski definition) is 1. The number of hydrogen-bond acceptors (Lipinski definition) is 5. The molecule has 0 atom stereocenters. The van der Waals surface area contributed by atoms with E-state index in [1.807, 2.05) is 0 Å². The van der Waals surface area contributed by atoms with Gasteiger partial charge in [0.1, 0.15) is 5.75 Å². The van der Waals surface area contributed by atoms with E-state index in [-0.39, 0.29) is 17.4 Å². The van der Waals surface area contributed by atoms with Crippen molar-refractivity contribution in [1.29, 1.82) is 0 Å². The van der Waals surface area contributed by atoms with Crippen LogP contribution in [0.25, 0.3) is 0 Å². The SMILES string of the molecule is Cc1cc(S(=O)(=O)N2CCOCC2)ccc1OCC(=O)NC1CC1. The first-order valence-corrected chi connectivity index (χ1v) is 9.51. The van der Waals surface area contributed by atoms with Crippen LogP contribution in [-0.2, 0) is 19.6 Å². The quantitative estimate of drug-likeness (QED) is 0.812. The van der Waals surface area contributed by atoms with Crippen LogP contribution in [-0.4, -0.2) is 57.6 Å². The number of ether oxygens (including phenoxy) is 2. The lowest BCUT2D eigenvalue weighted by Gasteiger charge is -2.26. The monoisotopic (exact) mass is 354 g/mol. The average molecular weight is 354 g/mol. The molecule has 2 fully saturated rings. The summed E-state index contributed by atoms with van der Waals surface area (Å²) in [7, 11) is -3.52. The summed E-state index contributed by atoms with van der Waals surface area (Å²) < 4.78 is 37.3. The molecular formula is C16H22N2O5S. The maximum Gasteiger partial charge on any atom is 0.258 e. The molecular weight excluding hydrogens is 332 g/mol. The normalized spacial score (nSPS) is 19.0. The molecule has 0 spiro atoms. The molecule has 1 aromatic rings. The van der Waals surface area contributed by atoms with Crippen LogP contribution in [0.5, 0.6) is 5.75 Å². The molecule has 132 valence electrons. The summed E-state index contributed by atoms with van der Waals surface area (Å²) in [6.45, 7) is 3.26. The Labute approximate surface area is 142 Å². The molecule has 3 rings (SSSR count). The van der Waals surface area contributed by atoms with E-state index in [4.69, 9.17) is 9.47 Å². The number of nitrogens with one attached hydrogen (secondary N) is 1. The zero-order chi connectivity index (χ0) is 17.2. The van der Waals surface area contributed by atoms with Crippen molar-refractivity contribution in [1.82, 2.24) is 9.62 Å². The molecule has 24 heavy (non-hydrogen) atoms. The topological polar surface area (TPSA) is 84.9 Å². The van der Waals surface area contributed by atoms with E-state index in [9.17, 15) is 13.2 Å². The molecule has 1 heterocycles. The summed E-state index contributed by atoms with van der Waals surface area (Å²) in [6, 6.07) is 5.00. The van der Waals surface area contributed by atoms with Crippen molar-refractivity contribution in [2.45, 2.75) is 30.7 Å².